The largest absolute Gasteiger partial charge is 0.455 e. The highest BCUT2D eigenvalue weighted by atomic mass is 16.6. The third-order valence-corrected chi connectivity index (χ3v) is 4.92. The van der Waals surface area contributed by atoms with Crippen LogP contribution in [0, 0.1) is 5.92 Å². The van der Waals surface area contributed by atoms with Gasteiger partial charge in [-0.25, -0.2) is 4.79 Å². The van der Waals surface area contributed by atoms with Crippen molar-refractivity contribution in [2.24, 2.45) is 5.92 Å². The van der Waals surface area contributed by atoms with Crippen LogP contribution >= 0.6 is 0 Å². The molecule has 0 aliphatic heterocycles. The average molecular weight is 327 g/mol. The summed E-state index contributed by atoms with van der Waals surface area (Å²) in [7, 11) is 0. The topological polar surface area (TPSA) is 39.2 Å². The molecule has 2 atom stereocenters. The zero-order valence-electron chi connectivity index (χ0n) is 15.3. The van der Waals surface area contributed by atoms with Crippen molar-refractivity contribution in [3.8, 4) is 0 Å². The van der Waals surface area contributed by atoms with Gasteiger partial charge in [-0.3, -0.25) is 4.98 Å². The van der Waals surface area contributed by atoms with Gasteiger partial charge in [-0.05, 0) is 71.9 Å². The lowest BCUT2D eigenvalue weighted by atomic mass is 9.76. The van der Waals surface area contributed by atoms with Crippen LogP contribution in [-0.4, -0.2) is 16.6 Å². The first-order chi connectivity index (χ1) is 11.4. The lowest BCUT2D eigenvalue weighted by molar-refractivity contribution is -0.0476. The number of carbonyl (C=O) groups excluding carboxylic acids is 1. The number of carbonyl (C=O) groups is 1. The Kier molecular flexibility index (Phi) is 6.36. The molecular formula is C21H29NO2. The lowest BCUT2D eigenvalue weighted by Crippen LogP contribution is -2.40. The maximum Gasteiger partial charge on any atom is 0.340 e. The molecule has 1 aliphatic carbocycles. The minimum atomic E-state index is -0.448. The third kappa shape index (κ3) is 5.05. The number of rotatable bonds is 6. The summed E-state index contributed by atoms with van der Waals surface area (Å²) < 4.78 is 6.04. The van der Waals surface area contributed by atoms with Crippen molar-refractivity contribution >= 4 is 5.97 Å². The van der Waals surface area contributed by atoms with Crippen LogP contribution in [0.25, 0.3) is 0 Å². The van der Waals surface area contributed by atoms with Gasteiger partial charge in [-0.15, -0.1) is 0 Å². The van der Waals surface area contributed by atoms with Crippen LogP contribution in [0.2, 0.25) is 0 Å². The molecule has 24 heavy (non-hydrogen) atoms. The molecule has 0 saturated heterocycles. The molecule has 1 aromatic heterocycles. The van der Waals surface area contributed by atoms with Crippen molar-refractivity contribution in [1.82, 2.24) is 4.98 Å². The summed E-state index contributed by atoms with van der Waals surface area (Å²) in [4.78, 5) is 16.6. The molecule has 0 spiro atoms. The smallest absolute Gasteiger partial charge is 0.340 e. The summed E-state index contributed by atoms with van der Waals surface area (Å²) in [5.74, 6) is 0.0986. The van der Waals surface area contributed by atoms with E-state index in [1.54, 1.807) is 24.5 Å². The highest BCUT2D eigenvalue weighted by Gasteiger charge is 2.37. The molecule has 0 aromatic carbocycles. The normalized spacial score (nSPS) is 19.8. The number of aromatic nitrogens is 1. The molecule has 0 bridgehead atoms. The molecule has 1 aliphatic rings. The van der Waals surface area contributed by atoms with E-state index in [2.05, 4.69) is 44.8 Å². The predicted molar refractivity (Wildman–Crippen MR) is 97.8 cm³/mol. The number of esters is 1. The zero-order valence-corrected chi connectivity index (χ0v) is 15.3. The van der Waals surface area contributed by atoms with Crippen LogP contribution in [0.5, 0.6) is 0 Å². The number of allylic oxidation sites excluding steroid dienone is 4. The second-order valence-corrected chi connectivity index (χ2v) is 7.29. The van der Waals surface area contributed by atoms with Crippen molar-refractivity contribution in [1.29, 1.82) is 0 Å². The molecule has 2 unspecified atom stereocenters. The van der Waals surface area contributed by atoms with Crippen molar-refractivity contribution in [2.45, 2.75) is 65.4 Å². The molecule has 3 nitrogen and oxygen atoms in total. The fourth-order valence-electron chi connectivity index (χ4n) is 3.26. The quantitative estimate of drug-likeness (QED) is 0.512. The summed E-state index contributed by atoms with van der Waals surface area (Å²) in [6, 6.07) is 3.53. The molecule has 0 N–H and O–H groups in total. The third-order valence-electron chi connectivity index (χ3n) is 4.92. The van der Waals surface area contributed by atoms with Gasteiger partial charge in [0.2, 0.25) is 0 Å². The van der Waals surface area contributed by atoms with Gasteiger partial charge in [-0.1, -0.05) is 23.3 Å². The first kappa shape index (κ1) is 18.4. The maximum absolute atomic E-state index is 12.6. The van der Waals surface area contributed by atoms with E-state index in [4.69, 9.17) is 4.74 Å². The van der Waals surface area contributed by atoms with E-state index in [-0.39, 0.29) is 5.97 Å². The van der Waals surface area contributed by atoms with Crippen LogP contribution in [0.3, 0.4) is 0 Å². The zero-order chi connectivity index (χ0) is 17.6. The van der Waals surface area contributed by atoms with E-state index >= 15 is 0 Å². The Morgan fingerprint density at radius 3 is 2.83 bits per heavy atom. The molecule has 1 aromatic rings. The van der Waals surface area contributed by atoms with Crippen molar-refractivity contribution < 1.29 is 9.53 Å². The standard InChI is InChI=1S/C21H29NO2/c1-16(2)7-5-13-21(4,19-11-9-17(3)10-12-19)24-20(23)18-8-6-14-22-15-18/h6-9,14-15,19H,5,10-13H2,1-4H3. The SMILES string of the molecule is CC(C)=CCCC(C)(OC(=O)c1cccnc1)C1CC=C(C)CC1. The maximum atomic E-state index is 12.6. The Morgan fingerprint density at radius 1 is 1.46 bits per heavy atom. The summed E-state index contributed by atoms with van der Waals surface area (Å²) in [5.41, 5.74) is 2.82. The molecular weight excluding hydrogens is 298 g/mol. The Morgan fingerprint density at radius 2 is 2.25 bits per heavy atom. The number of ether oxygens (including phenoxy) is 1. The first-order valence-electron chi connectivity index (χ1n) is 8.83. The van der Waals surface area contributed by atoms with E-state index in [1.165, 1.54) is 11.1 Å². The number of hydrogen-bond acceptors (Lipinski definition) is 3. The van der Waals surface area contributed by atoms with Gasteiger partial charge in [0.15, 0.2) is 0 Å². The van der Waals surface area contributed by atoms with Crippen LogP contribution in [0.4, 0.5) is 0 Å². The minimum absolute atomic E-state index is 0.269. The minimum Gasteiger partial charge on any atom is -0.455 e. The number of nitrogens with zero attached hydrogens (tertiary/aromatic N) is 1. The van der Waals surface area contributed by atoms with Gasteiger partial charge in [0.25, 0.3) is 0 Å². The summed E-state index contributed by atoms with van der Waals surface area (Å²) >= 11 is 0. The molecule has 0 radical (unpaired) electrons. The Bertz CT molecular complexity index is 614. The molecule has 0 saturated carbocycles. The Balaban J connectivity index is 2.15. The van der Waals surface area contributed by atoms with Gasteiger partial charge < -0.3 is 4.74 Å². The lowest BCUT2D eigenvalue weighted by Gasteiger charge is -2.38. The second-order valence-electron chi connectivity index (χ2n) is 7.29. The van der Waals surface area contributed by atoms with Crippen LogP contribution in [0.15, 0.2) is 47.8 Å². The van der Waals surface area contributed by atoms with Crippen molar-refractivity contribution in [3.63, 3.8) is 0 Å². The number of pyridine rings is 1. The second kappa shape index (κ2) is 8.27. The van der Waals surface area contributed by atoms with Gasteiger partial charge in [-0.2, -0.15) is 0 Å². The van der Waals surface area contributed by atoms with Crippen LogP contribution in [0.1, 0.15) is 70.2 Å². The van der Waals surface area contributed by atoms with Gasteiger partial charge >= 0.3 is 5.97 Å². The van der Waals surface area contributed by atoms with E-state index < -0.39 is 5.60 Å². The van der Waals surface area contributed by atoms with E-state index in [0.717, 1.165) is 32.1 Å². The fourth-order valence-corrected chi connectivity index (χ4v) is 3.26. The van der Waals surface area contributed by atoms with Gasteiger partial charge in [0, 0.05) is 18.3 Å². The van der Waals surface area contributed by atoms with Crippen molar-refractivity contribution in [3.05, 3.63) is 53.4 Å². The molecule has 0 fully saturated rings. The van der Waals surface area contributed by atoms with E-state index in [1.807, 2.05) is 0 Å². The van der Waals surface area contributed by atoms with Crippen molar-refractivity contribution in [2.75, 3.05) is 0 Å². The van der Waals surface area contributed by atoms with Crippen LogP contribution < -0.4 is 0 Å². The summed E-state index contributed by atoms with van der Waals surface area (Å²) in [6.45, 7) is 8.48. The van der Waals surface area contributed by atoms with E-state index in [9.17, 15) is 4.79 Å². The average Bonchev–Trinajstić information content (AvgIpc) is 2.55. The molecule has 2 rings (SSSR count). The molecule has 3 heteroatoms. The fraction of sp³-hybridized carbons (Fsp3) is 0.524. The molecule has 130 valence electrons. The first-order valence-corrected chi connectivity index (χ1v) is 8.83. The predicted octanol–water partition coefficient (Wildman–Crippen LogP) is 5.49. The highest BCUT2D eigenvalue weighted by Crippen LogP contribution is 2.38. The Hall–Kier alpha value is -1.90. The highest BCUT2D eigenvalue weighted by molar-refractivity contribution is 5.89. The van der Waals surface area contributed by atoms with E-state index in [0.29, 0.717) is 11.5 Å². The summed E-state index contributed by atoms with van der Waals surface area (Å²) in [5, 5.41) is 0. The monoisotopic (exact) mass is 327 g/mol. The van der Waals surface area contributed by atoms with Gasteiger partial charge in [0.1, 0.15) is 5.60 Å². The molecule has 1 heterocycles. The van der Waals surface area contributed by atoms with Crippen LogP contribution in [-0.2, 0) is 4.74 Å². The summed E-state index contributed by atoms with van der Waals surface area (Å²) in [6.07, 6.45) is 12.7. The Labute approximate surface area is 145 Å². The molecule has 0 amide bonds. The number of hydrogen-bond donors (Lipinski definition) is 0. The van der Waals surface area contributed by atoms with Gasteiger partial charge in [0.05, 0.1) is 5.56 Å².